The van der Waals surface area contributed by atoms with Gasteiger partial charge in [0.25, 0.3) is 0 Å². The van der Waals surface area contributed by atoms with Gasteiger partial charge < -0.3 is 4.74 Å². The summed E-state index contributed by atoms with van der Waals surface area (Å²) in [5.41, 5.74) is 2.63. The van der Waals surface area contributed by atoms with Crippen molar-refractivity contribution in [3.63, 3.8) is 0 Å². The Kier molecular flexibility index (Phi) is 3.54. The maximum atomic E-state index is 5.37. The van der Waals surface area contributed by atoms with Crippen LogP contribution in [0.1, 0.15) is 26.7 Å². The lowest BCUT2D eigenvalue weighted by molar-refractivity contribution is 0.153. The van der Waals surface area contributed by atoms with Crippen LogP contribution in [0.15, 0.2) is 23.8 Å². The number of rotatable bonds is 1. The van der Waals surface area contributed by atoms with E-state index in [9.17, 15) is 0 Å². The van der Waals surface area contributed by atoms with Gasteiger partial charge in [0.1, 0.15) is 0 Å². The molecule has 0 radical (unpaired) electrons. The van der Waals surface area contributed by atoms with Crippen LogP contribution in [-0.4, -0.2) is 13.2 Å². The molecule has 1 aliphatic heterocycles. The van der Waals surface area contributed by atoms with E-state index in [2.05, 4.69) is 26.5 Å². The van der Waals surface area contributed by atoms with Crippen molar-refractivity contribution >= 4 is 0 Å². The fourth-order valence-electron chi connectivity index (χ4n) is 1.41. The Morgan fingerprint density at radius 2 is 2.25 bits per heavy atom. The average Bonchev–Trinajstić information content (AvgIpc) is 1.95. The van der Waals surface area contributed by atoms with Gasteiger partial charge in [-0.1, -0.05) is 32.1 Å². The minimum Gasteiger partial charge on any atom is -0.377 e. The highest BCUT2D eigenvalue weighted by Crippen LogP contribution is 2.19. The summed E-state index contributed by atoms with van der Waals surface area (Å²) in [6, 6.07) is 0. The largest absolute Gasteiger partial charge is 0.377 e. The predicted molar refractivity (Wildman–Crippen MR) is 52.1 cm³/mol. The van der Waals surface area contributed by atoms with Crippen LogP contribution < -0.4 is 0 Å². The summed E-state index contributed by atoms with van der Waals surface area (Å²) in [4.78, 5) is 0. The van der Waals surface area contributed by atoms with Crippen LogP contribution in [0.4, 0.5) is 0 Å². The normalized spacial score (nSPS) is 20.2. The molecule has 0 aromatic heterocycles. The zero-order chi connectivity index (χ0) is 8.97. The van der Waals surface area contributed by atoms with Crippen molar-refractivity contribution in [1.29, 1.82) is 0 Å². The fraction of sp³-hybridized carbons (Fsp3) is 0.636. The first-order valence-electron chi connectivity index (χ1n) is 4.66. The molecule has 1 rings (SSSR count). The molecule has 1 heteroatoms. The maximum Gasteiger partial charge on any atom is 0.0711 e. The zero-order valence-corrected chi connectivity index (χ0v) is 8.10. The maximum absolute atomic E-state index is 5.37. The van der Waals surface area contributed by atoms with Gasteiger partial charge in [0.05, 0.1) is 6.61 Å². The van der Waals surface area contributed by atoms with Gasteiger partial charge in [-0.05, 0) is 24.3 Å². The van der Waals surface area contributed by atoms with E-state index in [0.717, 1.165) is 25.0 Å². The van der Waals surface area contributed by atoms with E-state index in [4.69, 9.17) is 4.74 Å². The molecule has 0 spiro atoms. The molecule has 0 aromatic carbocycles. The van der Waals surface area contributed by atoms with Crippen LogP contribution >= 0.6 is 0 Å². The standard InChI is InChI=1S/C11H18O/c1-9(2)11-5-4-6-12-8-10(3)7-11/h7,9H,3-6,8H2,1-2H3. The molecule has 0 bridgehead atoms. The second-order valence-electron chi connectivity index (χ2n) is 3.69. The van der Waals surface area contributed by atoms with E-state index in [1.165, 1.54) is 5.57 Å². The highest BCUT2D eigenvalue weighted by Gasteiger charge is 2.06. The molecular formula is C11H18O. The minimum absolute atomic E-state index is 0.653. The Hall–Kier alpha value is -0.560. The summed E-state index contributed by atoms with van der Waals surface area (Å²) in [7, 11) is 0. The number of hydrogen-bond acceptors (Lipinski definition) is 1. The summed E-state index contributed by atoms with van der Waals surface area (Å²) in [6.07, 6.45) is 4.51. The number of hydrogen-bond donors (Lipinski definition) is 0. The molecule has 12 heavy (non-hydrogen) atoms. The Labute approximate surface area is 75.1 Å². The molecular weight excluding hydrogens is 148 g/mol. The summed E-state index contributed by atoms with van der Waals surface area (Å²) < 4.78 is 5.37. The topological polar surface area (TPSA) is 9.23 Å². The average molecular weight is 166 g/mol. The molecule has 1 heterocycles. The number of allylic oxidation sites excluding steroid dienone is 1. The van der Waals surface area contributed by atoms with Crippen LogP contribution in [0.3, 0.4) is 0 Å². The summed E-state index contributed by atoms with van der Waals surface area (Å²) in [6.45, 7) is 10.0. The molecule has 1 nitrogen and oxygen atoms in total. The second-order valence-corrected chi connectivity index (χ2v) is 3.69. The molecule has 0 saturated heterocycles. The van der Waals surface area contributed by atoms with Gasteiger partial charge in [-0.3, -0.25) is 0 Å². The van der Waals surface area contributed by atoms with Crippen LogP contribution in [0.25, 0.3) is 0 Å². The smallest absolute Gasteiger partial charge is 0.0711 e. The van der Waals surface area contributed by atoms with E-state index >= 15 is 0 Å². The Morgan fingerprint density at radius 1 is 1.50 bits per heavy atom. The van der Waals surface area contributed by atoms with Gasteiger partial charge in [-0.25, -0.2) is 0 Å². The third-order valence-electron chi connectivity index (χ3n) is 2.17. The second kappa shape index (κ2) is 4.46. The van der Waals surface area contributed by atoms with E-state index in [1.54, 1.807) is 0 Å². The summed E-state index contributed by atoms with van der Waals surface area (Å²) in [5, 5.41) is 0. The lowest BCUT2D eigenvalue weighted by Crippen LogP contribution is -2.05. The highest BCUT2D eigenvalue weighted by molar-refractivity contribution is 5.22. The first-order valence-corrected chi connectivity index (χ1v) is 4.66. The van der Waals surface area contributed by atoms with Crippen molar-refractivity contribution in [2.45, 2.75) is 26.7 Å². The van der Waals surface area contributed by atoms with Gasteiger partial charge in [-0.2, -0.15) is 0 Å². The van der Waals surface area contributed by atoms with Crippen LogP contribution in [0.5, 0.6) is 0 Å². The Bertz CT molecular complexity index is 189. The van der Waals surface area contributed by atoms with Crippen LogP contribution in [-0.2, 0) is 4.74 Å². The van der Waals surface area contributed by atoms with Gasteiger partial charge in [0, 0.05) is 6.61 Å². The molecule has 68 valence electrons. The van der Waals surface area contributed by atoms with E-state index in [0.29, 0.717) is 12.5 Å². The zero-order valence-electron chi connectivity index (χ0n) is 8.10. The van der Waals surface area contributed by atoms with Crippen LogP contribution in [0.2, 0.25) is 0 Å². The summed E-state index contributed by atoms with van der Waals surface area (Å²) in [5.74, 6) is 0.653. The quantitative estimate of drug-likeness (QED) is 0.582. The van der Waals surface area contributed by atoms with E-state index < -0.39 is 0 Å². The van der Waals surface area contributed by atoms with Crippen molar-refractivity contribution < 1.29 is 4.74 Å². The lowest BCUT2D eigenvalue weighted by atomic mass is 9.96. The fourth-order valence-corrected chi connectivity index (χ4v) is 1.41. The third-order valence-corrected chi connectivity index (χ3v) is 2.17. The van der Waals surface area contributed by atoms with Crippen molar-refractivity contribution in [2.75, 3.05) is 13.2 Å². The number of ether oxygens (including phenoxy) is 1. The van der Waals surface area contributed by atoms with Gasteiger partial charge in [-0.15, -0.1) is 0 Å². The molecule has 1 aliphatic rings. The Balaban J connectivity index is 2.66. The predicted octanol–water partition coefficient (Wildman–Crippen LogP) is 2.94. The van der Waals surface area contributed by atoms with Gasteiger partial charge in [0.15, 0.2) is 0 Å². The van der Waals surface area contributed by atoms with Crippen LogP contribution in [0, 0.1) is 5.92 Å². The van der Waals surface area contributed by atoms with Crippen molar-refractivity contribution in [1.82, 2.24) is 0 Å². The molecule has 0 fully saturated rings. The molecule has 0 aliphatic carbocycles. The van der Waals surface area contributed by atoms with E-state index in [-0.39, 0.29) is 0 Å². The first-order chi connectivity index (χ1) is 5.70. The SMILES string of the molecule is C=C1C=C(C(C)C)CCCOC1. The van der Waals surface area contributed by atoms with E-state index in [1.807, 2.05) is 0 Å². The van der Waals surface area contributed by atoms with Crippen molar-refractivity contribution in [3.8, 4) is 0 Å². The minimum atomic E-state index is 0.653. The molecule has 0 unspecified atom stereocenters. The van der Waals surface area contributed by atoms with Crippen molar-refractivity contribution in [2.24, 2.45) is 5.92 Å². The van der Waals surface area contributed by atoms with Gasteiger partial charge >= 0.3 is 0 Å². The summed E-state index contributed by atoms with van der Waals surface area (Å²) >= 11 is 0. The van der Waals surface area contributed by atoms with Crippen molar-refractivity contribution in [3.05, 3.63) is 23.8 Å². The lowest BCUT2D eigenvalue weighted by Gasteiger charge is -2.15. The monoisotopic (exact) mass is 166 g/mol. The molecule has 0 aromatic rings. The Morgan fingerprint density at radius 3 is 2.92 bits per heavy atom. The first kappa shape index (κ1) is 9.53. The molecule has 0 N–H and O–H groups in total. The highest BCUT2D eigenvalue weighted by atomic mass is 16.5. The molecule has 0 atom stereocenters. The third kappa shape index (κ3) is 2.82. The van der Waals surface area contributed by atoms with Gasteiger partial charge in [0.2, 0.25) is 0 Å². The molecule has 0 amide bonds. The molecule has 0 saturated carbocycles.